The number of carbonyl (C=O) groups is 2. The van der Waals surface area contributed by atoms with Crippen LogP contribution in [0.2, 0.25) is 0 Å². The normalized spacial score (nSPS) is 17.7. The van der Waals surface area contributed by atoms with Crippen molar-refractivity contribution in [3.05, 3.63) is 53.9 Å². The lowest BCUT2D eigenvalue weighted by molar-refractivity contribution is -0.143. The molecule has 10 nitrogen and oxygen atoms in total. The molecule has 2 heterocycles. The van der Waals surface area contributed by atoms with E-state index in [4.69, 9.17) is 9.47 Å². The summed E-state index contributed by atoms with van der Waals surface area (Å²) in [7, 11) is 1.76. The number of aryl methyl sites for hydroxylation is 2. The van der Waals surface area contributed by atoms with Crippen molar-refractivity contribution in [1.29, 1.82) is 0 Å². The fourth-order valence-electron chi connectivity index (χ4n) is 4.44. The van der Waals surface area contributed by atoms with E-state index < -0.39 is 11.6 Å². The Balaban J connectivity index is 1.44. The zero-order chi connectivity index (χ0) is 26.6. The summed E-state index contributed by atoms with van der Waals surface area (Å²) in [5.74, 6) is -0.177. The molecule has 1 amide bonds. The Kier molecular flexibility index (Phi) is 7.75. The van der Waals surface area contributed by atoms with Crippen molar-refractivity contribution in [3.63, 3.8) is 0 Å². The molecule has 37 heavy (non-hydrogen) atoms. The Morgan fingerprint density at radius 2 is 1.92 bits per heavy atom. The van der Waals surface area contributed by atoms with Gasteiger partial charge >= 0.3 is 5.97 Å². The van der Waals surface area contributed by atoms with Crippen LogP contribution < -0.4 is 14.8 Å². The summed E-state index contributed by atoms with van der Waals surface area (Å²) >= 11 is 0. The highest BCUT2D eigenvalue weighted by Crippen LogP contribution is 2.30. The Morgan fingerprint density at radius 1 is 1.16 bits per heavy atom. The number of pyridine rings is 1. The van der Waals surface area contributed by atoms with E-state index >= 15 is 0 Å². The number of carboxylic acid groups (broad SMARTS) is 1. The van der Waals surface area contributed by atoms with Crippen molar-refractivity contribution >= 4 is 11.9 Å². The van der Waals surface area contributed by atoms with Gasteiger partial charge in [0.2, 0.25) is 0 Å². The molecular formula is C27H33N5O5. The first kappa shape index (κ1) is 26.1. The minimum atomic E-state index is -1.08. The minimum absolute atomic E-state index is 0.148. The number of hydrogen-bond donors (Lipinski definition) is 2. The molecule has 1 fully saturated rings. The summed E-state index contributed by atoms with van der Waals surface area (Å²) < 4.78 is 13.6. The molecule has 1 aliphatic rings. The number of aliphatic carboxylic acids is 1. The molecule has 1 aromatic carbocycles. The molecule has 0 aliphatic heterocycles. The van der Waals surface area contributed by atoms with Gasteiger partial charge in [0.05, 0.1) is 35.6 Å². The molecule has 2 N–H and O–H groups in total. The number of carboxylic acids is 1. The molecule has 1 aliphatic carbocycles. The number of nitrogens with zero attached hydrogens (tertiary/aromatic N) is 4. The lowest BCUT2D eigenvalue weighted by atomic mass is 9.87. The van der Waals surface area contributed by atoms with Gasteiger partial charge in [0.25, 0.3) is 5.91 Å². The quantitative estimate of drug-likeness (QED) is 0.449. The van der Waals surface area contributed by atoms with E-state index in [9.17, 15) is 14.7 Å². The standard InChI is InChI=1S/C27H33N5O5/c1-17-23(36-20-12-8-9-18(15-20)25(33)34)14-13-21(29-17)24-22(32(4)31-30-24)16-28-26(35)27(2,3)37-19-10-6-5-7-11-19/h5-7,10-11,13-14,18,20H,8-9,12,15-16H2,1-4H3,(H,28,35)(H,33,34)/t18-,20-/m0/s1. The fourth-order valence-corrected chi connectivity index (χ4v) is 4.44. The van der Waals surface area contributed by atoms with Crippen molar-refractivity contribution < 1.29 is 24.2 Å². The Bertz CT molecular complexity index is 1260. The average molecular weight is 508 g/mol. The van der Waals surface area contributed by atoms with Gasteiger partial charge in [0.1, 0.15) is 17.2 Å². The number of benzene rings is 1. The highest BCUT2D eigenvalue weighted by atomic mass is 16.5. The van der Waals surface area contributed by atoms with E-state index in [2.05, 4.69) is 20.6 Å². The van der Waals surface area contributed by atoms with E-state index in [-0.39, 0.29) is 24.5 Å². The maximum absolute atomic E-state index is 12.9. The Hall–Kier alpha value is -3.95. The van der Waals surface area contributed by atoms with Gasteiger partial charge in [-0.25, -0.2) is 9.67 Å². The van der Waals surface area contributed by atoms with Crippen molar-refractivity contribution in [2.75, 3.05) is 0 Å². The van der Waals surface area contributed by atoms with E-state index in [1.165, 1.54) is 0 Å². The van der Waals surface area contributed by atoms with Crippen LogP contribution in [0.1, 0.15) is 50.9 Å². The van der Waals surface area contributed by atoms with Crippen molar-refractivity contribution in [1.82, 2.24) is 25.3 Å². The van der Waals surface area contributed by atoms with Gasteiger partial charge in [-0.05, 0) is 70.7 Å². The number of aromatic nitrogens is 4. The minimum Gasteiger partial charge on any atom is -0.489 e. The molecule has 0 spiro atoms. The molecule has 0 saturated heterocycles. The van der Waals surface area contributed by atoms with Crippen LogP contribution in [0.25, 0.3) is 11.4 Å². The molecule has 4 rings (SSSR count). The van der Waals surface area contributed by atoms with Crippen LogP contribution in [0.4, 0.5) is 0 Å². The molecule has 10 heteroatoms. The maximum atomic E-state index is 12.9. The lowest BCUT2D eigenvalue weighted by Crippen LogP contribution is -2.46. The molecule has 2 aromatic heterocycles. The number of rotatable bonds is 9. The van der Waals surface area contributed by atoms with Crippen molar-refractivity contribution in [3.8, 4) is 22.9 Å². The third kappa shape index (κ3) is 6.25. The molecule has 0 unspecified atom stereocenters. The summed E-state index contributed by atoms with van der Waals surface area (Å²) in [4.78, 5) is 29.0. The van der Waals surface area contributed by atoms with E-state index in [0.29, 0.717) is 47.1 Å². The van der Waals surface area contributed by atoms with Gasteiger partial charge in [-0.15, -0.1) is 5.10 Å². The van der Waals surface area contributed by atoms with Crippen LogP contribution in [-0.2, 0) is 23.2 Å². The van der Waals surface area contributed by atoms with Gasteiger partial charge in [-0.3, -0.25) is 9.59 Å². The zero-order valence-electron chi connectivity index (χ0n) is 21.6. The largest absolute Gasteiger partial charge is 0.489 e. The second kappa shape index (κ2) is 11.0. The molecule has 196 valence electrons. The van der Waals surface area contributed by atoms with Gasteiger partial charge in [-0.1, -0.05) is 23.4 Å². The third-order valence-corrected chi connectivity index (χ3v) is 6.57. The first-order valence-corrected chi connectivity index (χ1v) is 12.4. The van der Waals surface area contributed by atoms with Crippen molar-refractivity contribution in [2.24, 2.45) is 13.0 Å². The Labute approximate surface area is 216 Å². The number of amides is 1. The predicted octanol–water partition coefficient (Wildman–Crippen LogP) is 3.68. The van der Waals surface area contributed by atoms with E-state index in [1.807, 2.05) is 31.2 Å². The van der Waals surface area contributed by atoms with Gasteiger partial charge < -0.3 is 19.9 Å². The third-order valence-electron chi connectivity index (χ3n) is 6.57. The lowest BCUT2D eigenvalue weighted by Gasteiger charge is -2.27. The molecule has 0 radical (unpaired) electrons. The summed E-state index contributed by atoms with van der Waals surface area (Å²) in [6.07, 6.45) is 2.68. The molecule has 1 saturated carbocycles. The van der Waals surface area contributed by atoms with Crippen molar-refractivity contribution in [2.45, 2.75) is 64.7 Å². The van der Waals surface area contributed by atoms with Crippen LogP contribution in [0.15, 0.2) is 42.5 Å². The highest BCUT2D eigenvalue weighted by molar-refractivity contribution is 5.84. The predicted molar refractivity (Wildman–Crippen MR) is 136 cm³/mol. The summed E-state index contributed by atoms with van der Waals surface area (Å²) in [6.45, 7) is 5.47. The van der Waals surface area contributed by atoms with Crippen LogP contribution >= 0.6 is 0 Å². The average Bonchev–Trinajstić information content (AvgIpc) is 3.24. The smallest absolute Gasteiger partial charge is 0.306 e. The molecule has 3 aromatic rings. The molecular weight excluding hydrogens is 474 g/mol. The zero-order valence-corrected chi connectivity index (χ0v) is 21.6. The maximum Gasteiger partial charge on any atom is 0.306 e. The highest BCUT2D eigenvalue weighted by Gasteiger charge is 2.31. The van der Waals surface area contributed by atoms with Crippen LogP contribution in [0.5, 0.6) is 11.5 Å². The number of carbonyl (C=O) groups excluding carboxylic acids is 1. The first-order valence-electron chi connectivity index (χ1n) is 12.4. The summed E-state index contributed by atoms with van der Waals surface area (Å²) in [5.41, 5.74) is 1.45. The number of hydrogen-bond acceptors (Lipinski definition) is 7. The number of nitrogens with one attached hydrogen (secondary N) is 1. The van der Waals surface area contributed by atoms with Crippen LogP contribution in [0, 0.1) is 12.8 Å². The molecule has 0 bridgehead atoms. The fraction of sp³-hybridized carbons (Fsp3) is 0.444. The van der Waals surface area contributed by atoms with Crippen LogP contribution in [0.3, 0.4) is 0 Å². The SMILES string of the molecule is Cc1nc(-c2nnn(C)c2CNC(=O)C(C)(C)Oc2ccccc2)ccc1O[C@H]1CCC[C@H](C(=O)O)C1. The van der Waals surface area contributed by atoms with E-state index in [0.717, 1.165) is 12.8 Å². The second-order valence-electron chi connectivity index (χ2n) is 9.84. The topological polar surface area (TPSA) is 128 Å². The molecule has 2 atom stereocenters. The monoisotopic (exact) mass is 507 g/mol. The van der Waals surface area contributed by atoms with Gasteiger partial charge in [0.15, 0.2) is 5.60 Å². The number of ether oxygens (including phenoxy) is 2. The summed E-state index contributed by atoms with van der Waals surface area (Å²) in [5, 5.41) is 20.7. The van der Waals surface area contributed by atoms with Gasteiger partial charge in [-0.2, -0.15) is 0 Å². The van der Waals surface area contributed by atoms with Crippen LogP contribution in [-0.4, -0.2) is 48.7 Å². The van der Waals surface area contributed by atoms with Gasteiger partial charge in [0, 0.05) is 7.05 Å². The second-order valence-corrected chi connectivity index (χ2v) is 9.84. The first-order chi connectivity index (χ1) is 17.6. The Morgan fingerprint density at radius 3 is 2.62 bits per heavy atom. The van der Waals surface area contributed by atoms with E-state index in [1.54, 1.807) is 43.8 Å². The summed E-state index contributed by atoms with van der Waals surface area (Å²) in [6, 6.07) is 12.8. The number of para-hydroxylation sites is 1.